The van der Waals surface area contributed by atoms with Crippen LogP contribution in [0.4, 0.5) is 0 Å². The molecule has 0 aliphatic carbocycles. The predicted molar refractivity (Wildman–Crippen MR) is 134 cm³/mol. The highest BCUT2D eigenvalue weighted by Gasteiger charge is 2.23. The van der Waals surface area contributed by atoms with E-state index in [0.717, 1.165) is 11.1 Å². The van der Waals surface area contributed by atoms with Crippen molar-refractivity contribution in [1.82, 2.24) is 10.6 Å². The number of halogens is 1. The molecule has 30 heavy (non-hydrogen) atoms. The molecule has 166 valence electrons. The van der Waals surface area contributed by atoms with Crippen LogP contribution in [-0.4, -0.2) is 52.0 Å². The lowest BCUT2D eigenvalue weighted by Gasteiger charge is -2.28. The topological polar surface area (TPSA) is 75.1 Å². The van der Waals surface area contributed by atoms with Crippen LogP contribution in [0.15, 0.2) is 53.5 Å². The van der Waals surface area contributed by atoms with Gasteiger partial charge in [0.1, 0.15) is 0 Å². The van der Waals surface area contributed by atoms with Gasteiger partial charge in [-0.15, -0.1) is 24.0 Å². The fourth-order valence-electron chi connectivity index (χ4n) is 3.12. The summed E-state index contributed by atoms with van der Waals surface area (Å²) in [7, 11) is 5.02. The van der Waals surface area contributed by atoms with Crippen LogP contribution >= 0.6 is 24.0 Å². The molecule has 0 fully saturated rings. The first-order valence-corrected chi connectivity index (χ1v) is 9.78. The van der Waals surface area contributed by atoms with Crippen LogP contribution in [0.1, 0.15) is 30.9 Å². The number of benzene rings is 2. The molecule has 0 aliphatic rings. The number of ether oxygens (including phenoxy) is 2. The number of aliphatic hydroxyl groups excluding tert-OH is 1. The molecule has 2 aromatic carbocycles. The highest BCUT2D eigenvalue weighted by Crippen LogP contribution is 2.32. The summed E-state index contributed by atoms with van der Waals surface area (Å²) in [6.07, 6.45) is 0. The first-order valence-electron chi connectivity index (χ1n) is 9.78. The Morgan fingerprint density at radius 2 is 1.70 bits per heavy atom. The Morgan fingerprint density at radius 3 is 2.27 bits per heavy atom. The normalized spacial score (nSPS) is 12.5. The summed E-state index contributed by atoms with van der Waals surface area (Å²) in [5.41, 5.74) is 2.08. The quantitative estimate of drug-likeness (QED) is 0.264. The minimum Gasteiger partial charge on any atom is -0.493 e. The molecule has 0 spiro atoms. The van der Waals surface area contributed by atoms with Gasteiger partial charge in [0, 0.05) is 31.5 Å². The predicted octanol–water partition coefficient (Wildman–Crippen LogP) is 3.54. The molecule has 2 rings (SSSR count). The van der Waals surface area contributed by atoms with Gasteiger partial charge in [-0.25, -0.2) is 0 Å². The molecule has 2 aromatic rings. The molecule has 0 bridgehead atoms. The molecule has 0 aliphatic heterocycles. The van der Waals surface area contributed by atoms with Gasteiger partial charge in [0.2, 0.25) is 0 Å². The maximum atomic E-state index is 9.74. The van der Waals surface area contributed by atoms with Gasteiger partial charge in [0.05, 0.1) is 20.8 Å². The molecule has 0 saturated carbocycles. The Morgan fingerprint density at radius 1 is 1.03 bits per heavy atom. The Kier molecular flexibility index (Phi) is 11.0. The highest BCUT2D eigenvalue weighted by molar-refractivity contribution is 14.0. The van der Waals surface area contributed by atoms with Crippen LogP contribution < -0.4 is 20.1 Å². The van der Waals surface area contributed by atoms with Crippen LogP contribution in [0, 0.1) is 0 Å². The summed E-state index contributed by atoms with van der Waals surface area (Å²) in [5.74, 6) is 2.14. The summed E-state index contributed by atoms with van der Waals surface area (Å²) < 4.78 is 10.8. The molecule has 0 saturated heterocycles. The summed E-state index contributed by atoms with van der Waals surface area (Å²) >= 11 is 0. The summed E-state index contributed by atoms with van der Waals surface area (Å²) in [5, 5.41) is 16.5. The zero-order chi connectivity index (χ0) is 21.3. The van der Waals surface area contributed by atoms with Gasteiger partial charge < -0.3 is 25.2 Å². The first-order chi connectivity index (χ1) is 13.9. The van der Waals surface area contributed by atoms with Crippen molar-refractivity contribution in [2.75, 3.05) is 41.0 Å². The van der Waals surface area contributed by atoms with Crippen LogP contribution in [0.25, 0.3) is 0 Å². The lowest BCUT2D eigenvalue weighted by Crippen LogP contribution is -2.44. The monoisotopic (exact) mass is 527 g/mol. The van der Waals surface area contributed by atoms with E-state index in [4.69, 9.17) is 9.47 Å². The van der Waals surface area contributed by atoms with E-state index < -0.39 is 0 Å². The maximum absolute atomic E-state index is 9.74. The van der Waals surface area contributed by atoms with Gasteiger partial charge in [-0.1, -0.05) is 50.2 Å². The number of aliphatic imine (C=N–C) groups is 1. The SMILES string of the molecule is CN=C(NCC(CO)c1ccccc1)NCC(C)(C)c1ccc(OC)c(OC)c1.I. The second-order valence-electron chi connectivity index (χ2n) is 7.55. The molecule has 0 aromatic heterocycles. The Balaban J connectivity index is 0.00000450. The van der Waals surface area contributed by atoms with Crippen molar-refractivity contribution in [3.05, 3.63) is 59.7 Å². The lowest BCUT2D eigenvalue weighted by molar-refractivity contribution is 0.265. The standard InChI is InChI=1S/C23H33N3O3.HI/c1-23(2,19-11-12-20(28-4)21(13-19)29-5)16-26-22(24-3)25-14-18(15-27)17-9-7-6-8-10-17;/h6-13,18,27H,14-16H2,1-5H3,(H2,24,25,26);1H. The van der Waals surface area contributed by atoms with Gasteiger partial charge in [-0.2, -0.15) is 0 Å². The lowest BCUT2D eigenvalue weighted by atomic mass is 9.84. The number of hydrogen-bond donors (Lipinski definition) is 3. The van der Waals surface area contributed by atoms with Crippen molar-refractivity contribution >= 4 is 29.9 Å². The van der Waals surface area contributed by atoms with Crippen molar-refractivity contribution in [2.45, 2.75) is 25.2 Å². The van der Waals surface area contributed by atoms with Gasteiger partial charge in [-0.3, -0.25) is 4.99 Å². The number of rotatable bonds is 9. The number of nitrogens with one attached hydrogen (secondary N) is 2. The summed E-state index contributed by atoms with van der Waals surface area (Å²) in [6.45, 7) is 5.67. The average molecular weight is 527 g/mol. The summed E-state index contributed by atoms with van der Waals surface area (Å²) in [4.78, 5) is 4.31. The van der Waals surface area contributed by atoms with Crippen molar-refractivity contribution in [3.8, 4) is 11.5 Å². The third kappa shape index (κ3) is 7.05. The van der Waals surface area contributed by atoms with E-state index in [0.29, 0.717) is 30.5 Å². The number of hydrogen-bond acceptors (Lipinski definition) is 4. The van der Waals surface area contributed by atoms with Crippen LogP contribution in [0.2, 0.25) is 0 Å². The second kappa shape index (κ2) is 12.6. The smallest absolute Gasteiger partial charge is 0.191 e. The van der Waals surface area contributed by atoms with Gasteiger partial charge in [-0.05, 0) is 23.3 Å². The highest BCUT2D eigenvalue weighted by atomic mass is 127. The van der Waals surface area contributed by atoms with Gasteiger partial charge in [0.25, 0.3) is 0 Å². The average Bonchev–Trinajstić information content (AvgIpc) is 2.76. The number of guanidine groups is 1. The second-order valence-corrected chi connectivity index (χ2v) is 7.55. The zero-order valence-electron chi connectivity index (χ0n) is 18.4. The molecule has 3 N–H and O–H groups in total. The van der Waals surface area contributed by atoms with E-state index in [-0.39, 0.29) is 41.9 Å². The maximum Gasteiger partial charge on any atom is 0.191 e. The van der Waals surface area contributed by atoms with E-state index in [9.17, 15) is 5.11 Å². The van der Waals surface area contributed by atoms with Crippen LogP contribution in [-0.2, 0) is 5.41 Å². The van der Waals surface area contributed by atoms with Crippen LogP contribution in [0.5, 0.6) is 11.5 Å². The van der Waals surface area contributed by atoms with Crippen molar-refractivity contribution in [2.24, 2.45) is 4.99 Å². The molecule has 6 nitrogen and oxygen atoms in total. The van der Waals surface area contributed by atoms with E-state index >= 15 is 0 Å². The molecule has 0 amide bonds. The molecule has 7 heteroatoms. The van der Waals surface area contributed by atoms with Crippen LogP contribution in [0.3, 0.4) is 0 Å². The van der Waals surface area contributed by atoms with Crippen molar-refractivity contribution < 1.29 is 14.6 Å². The van der Waals surface area contributed by atoms with E-state index in [2.05, 4.69) is 35.5 Å². The molecular weight excluding hydrogens is 493 g/mol. The molecule has 1 atom stereocenters. The molecule has 0 radical (unpaired) electrons. The molecule has 1 unspecified atom stereocenters. The van der Waals surface area contributed by atoms with Gasteiger partial charge >= 0.3 is 0 Å². The summed E-state index contributed by atoms with van der Waals surface area (Å²) in [6, 6.07) is 16.0. The minimum atomic E-state index is -0.160. The van der Waals surface area contributed by atoms with E-state index in [1.165, 1.54) is 0 Å². The van der Waals surface area contributed by atoms with E-state index in [1.807, 2.05) is 42.5 Å². The fraction of sp³-hybridized carbons (Fsp3) is 0.435. The Bertz CT molecular complexity index is 798. The fourth-order valence-corrected chi connectivity index (χ4v) is 3.12. The molecule has 0 heterocycles. The Labute approximate surface area is 197 Å². The van der Waals surface area contributed by atoms with Gasteiger partial charge in [0.15, 0.2) is 17.5 Å². The first kappa shape index (κ1) is 26.0. The number of methoxy groups -OCH3 is 2. The number of aliphatic hydroxyl groups is 1. The third-order valence-electron chi connectivity index (χ3n) is 5.09. The molecular formula is C23H34IN3O3. The van der Waals surface area contributed by atoms with Crippen molar-refractivity contribution in [3.63, 3.8) is 0 Å². The third-order valence-corrected chi connectivity index (χ3v) is 5.09. The largest absolute Gasteiger partial charge is 0.493 e. The Hall–Kier alpha value is -2.00. The van der Waals surface area contributed by atoms with E-state index in [1.54, 1.807) is 21.3 Å². The minimum absolute atomic E-state index is 0. The zero-order valence-corrected chi connectivity index (χ0v) is 20.8. The van der Waals surface area contributed by atoms with Crippen molar-refractivity contribution in [1.29, 1.82) is 0 Å². The number of nitrogens with zero attached hydrogens (tertiary/aromatic N) is 1.